The Kier molecular flexibility index (Phi) is 5.15. The van der Waals surface area contributed by atoms with Crippen LogP contribution in [0.25, 0.3) is 0 Å². The molecule has 0 aromatic rings. The van der Waals surface area contributed by atoms with E-state index in [2.05, 4.69) is 3.32 Å². The summed E-state index contributed by atoms with van der Waals surface area (Å²) in [7, 11) is 0. The monoisotopic (exact) mass is 139 g/mol. The molecule has 1 atom stereocenters. The quantitative estimate of drug-likeness (QED) is 0.483. The Morgan fingerprint density at radius 2 is 2.29 bits per heavy atom. The van der Waals surface area contributed by atoms with E-state index in [4.69, 9.17) is 10.2 Å². The third kappa shape index (κ3) is 4.45. The van der Waals surface area contributed by atoms with Crippen LogP contribution in [0.5, 0.6) is 0 Å². The molecule has 0 radical (unpaired) electrons. The van der Waals surface area contributed by atoms with Crippen LogP contribution in [-0.4, -0.2) is 29.5 Å². The van der Waals surface area contributed by atoms with Crippen molar-refractivity contribution in [1.29, 1.82) is 0 Å². The molecule has 41 valence electrons. The molecule has 0 heterocycles. The summed E-state index contributed by atoms with van der Waals surface area (Å²) in [6.45, 7) is -0.0235. The van der Waals surface area contributed by atoms with Gasteiger partial charge in [-0.15, -0.1) is 0 Å². The van der Waals surface area contributed by atoms with Crippen molar-refractivity contribution in [3.63, 3.8) is 0 Å². The molecule has 0 spiro atoms. The fraction of sp³-hybridized carbons (Fsp3) is 1.00. The van der Waals surface area contributed by atoms with Crippen LogP contribution in [0.1, 0.15) is 0 Å². The zero-order valence-electron chi connectivity index (χ0n) is 3.79. The molecule has 3 nitrogen and oxygen atoms in total. The summed E-state index contributed by atoms with van der Waals surface area (Å²) < 4.78 is 4.48. The van der Waals surface area contributed by atoms with Gasteiger partial charge in [-0.3, -0.25) is 0 Å². The molecule has 0 aromatic heterocycles. The van der Waals surface area contributed by atoms with E-state index in [-0.39, 0.29) is 13.2 Å². The van der Waals surface area contributed by atoms with Crippen LogP contribution in [0.4, 0.5) is 0 Å². The fourth-order valence-corrected chi connectivity index (χ4v) is 0.449. The van der Waals surface area contributed by atoms with Gasteiger partial charge in [-0.05, 0) is 0 Å². The van der Waals surface area contributed by atoms with Gasteiger partial charge in [-0.2, -0.15) is 0 Å². The minimum absolute atomic E-state index is 0.205. The molecular weight excluding hydrogens is 132 g/mol. The third-order valence-corrected chi connectivity index (χ3v) is 0.747. The topological polar surface area (TPSA) is 49.7 Å². The molecule has 0 aliphatic rings. The van der Waals surface area contributed by atoms with Crippen molar-refractivity contribution in [3.8, 4) is 0 Å². The molecule has 0 saturated carbocycles. The Morgan fingerprint density at radius 1 is 1.71 bits per heavy atom. The van der Waals surface area contributed by atoms with Gasteiger partial charge < -0.3 is 0 Å². The van der Waals surface area contributed by atoms with Crippen molar-refractivity contribution in [1.82, 2.24) is 0 Å². The summed E-state index contributed by atoms with van der Waals surface area (Å²) in [4.78, 5) is 0. The normalized spacial score (nSPS) is 13.9. The predicted octanol–water partition coefficient (Wildman–Crippen LogP) is -1.18. The van der Waals surface area contributed by atoms with E-state index in [0.717, 1.165) is 0 Å². The van der Waals surface area contributed by atoms with Gasteiger partial charge in [0.1, 0.15) is 0 Å². The van der Waals surface area contributed by atoms with E-state index < -0.39 is 6.10 Å². The zero-order valence-corrected chi connectivity index (χ0v) is 5.36. The van der Waals surface area contributed by atoms with Crippen LogP contribution in [0.3, 0.4) is 0 Å². The Labute approximate surface area is 54.2 Å². The van der Waals surface area contributed by atoms with Crippen molar-refractivity contribution in [2.75, 3.05) is 13.2 Å². The molecule has 0 aromatic carbocycles. The molecule has 0 aliphatic heterocycles. The van der Waals surface area contributed by atoms with E-state index >= 15 is 0 Å². The second-order valence-electron chi connectivity index (χ2n) is 1.15. The van der Waals surface area contributed by atoms with Crippen LogP contribution >= 0.6 is 0 Å². The first-order valence-corrected chi connectivity index (χ1v) is 2.52. The Balaban J connectivity index is 2.83. The summed E-state index contributed by atoms with van der Waals surface area (Å²) in [5.41, 5.74) is 0. The molecule has 0 aliphatic carbocycles. The van der Waals surface area contributed by atoms with Crippen molar-refractivity contribution in [2.45, 2.75) is 6.10 Å². The summed E-state index contributed by atoms with van der Waals surface area (Å²) in [6.07, 6.45) is -0.718. The molecule has 0 rings (SSSR count). The predicted molar refractivity (Wildman–Crippen MR) is 19.0 cm³/mol. The maximum atomic E-state index is 8.48. The van der Waals surface area contributed by atoms with E-state index in [9.17, 15) is 0 Å². The zero-order chi connectivity index (χ0) is 5.70. The number of hydrogen-bond acceptors (Lipinski definition) is 3. The van der Waals surface area contributed by atoms with E-state index in [1.807, 2.05) is 0 Å². The SMILES string of the molecule is OCC(O)C[O][Ti]. The van der Waals surface area contributed by atoms with Gasteiger partial charge in [-0.1, -0.05) is 0 Å². The van der Waals surface area contributed by atoms with Crippen molar-refractivity contribution in [3.05, 3.63) is 0 Å². The molecular formula is C3H7O3Ti. The Morgan fingerprint density at radius 3 is 2.43 bits per heavy atom. The first-order chi connectivity index (χ1) is 3.31. The maximum absolute atomic E-state index is 8.48. The summed E-state index contributed by atoms with van der Waals surface area (Å²) in [6, 6.07) is 0. The van der Waals surface area contributed by atoms with Crippen LogP contribution in [-0.2, 0) is 24.1 Å². The van der Waals surface area contributed by atoms with E-state index in [1.165, 1.54) is 20.8 Å². The molecule has 1 unspecified atom stereocenters. The number of rotatable bonds is 3. The molecule has 0 bridgehead atoms. The fourth-order valence-electron chi connectivity index (χ4n) is 0.149. The van der Waals surface area contributed by atoms with Crippen LogP contribution in [0.15, 0.2) is 0 Å². The van der Waals surface area contributed by atoms with Crippen LogP contribution in [0.2, 0.25) is 0 Å². The van der Waals surface area contributed by atoms with Crippen LogP contribution in [0, 0.1) is 0 Å². The summed E-state index contributed by atoms with van der Waals surface area (Å²) in [5, 5.41) is 16.6. The average Bonchev–Trinajstić information content (AvgIpc) is 1.68. The number of hydrogen-bond donors (Lipinski definition) is 2. The third-order valence-electron chi connectivity index (χ3n) is 0.486. The second kappa shape index (κ2) is 4.75. The van der Waals surface area contributed by atoms with Crippen molar-refractivity contribution < 1.29 is 34.4 Å². The van der Waals surface area contributed by atoms with Gasteiger partial charge in [0.2, 0.25) is 0 Å². The first kappa shape index (κ1) is 7.59. The summed E-state index contributed by atoms with van der Waals surface area (Å²) in [5.74, 6) is 0. The van der Waals surface area contributed by atoms with Crippen molar-refractivity contribution in [2.24, 2.45) is 0 Å². The Hall–Kier alpha value is 0.594. The van der Waals surface area contributed by atoms with Gasteiger partial charge >= 0.3 is 53.7 Å². The molecule has 0 fully saturated rings. The van der Waals surface area contributed by atoms with E-state index in [1.54, 1.807) is 0 Å². The first-order valence-electron chi connectivity index (χ1n) is 1.88. The van der Waals surface area contributed by atoms with Gasteiger partial charge in [0, 0.05) is 0 Å². The molecule has 2 N–H and O–H groups in total. The van der Waals surface area contributed by atoms with Gasteiger partial charge in [0.25, 0.3) is 0 Å². The number of aliphatic hydroxyl groups excluding tert-OH is 2. The Bertz CT molecular complexity index is 41.2. The minimum atomic E-state index is -0.718. The second-order valence-corrected chi connectivity index (χ2v) is 1.60. The molecule has 0 saturated heterocycles. The van der Waals surface area contributed by atoms with Gasteiger partial charge in [0.05, 0.1) is 0 Å². The van der Waals surface area contributed by atoms with Gasteiger partial charge in [-0.25, -0.2) is 0 Å². The standard InChI is InChI=1S/C3H7O3.Ti/c4-1-3(6)2-5;/h3-4,6H,1-2H2;/q-1;+1. The van der Waals surface area contributed by atoms with Crippen LogP contribution < -0.4 is 0 Å². The summed E-state index contributed by atoms with van der Waals surface area (Å²) >= 11 is 1.47. The molecule has 0 amide bonds. The van der Waals surface area contributed by atoms with Gasteiger partial charge in [0.15, 0.2) is 0 Å². The number of aliphatic hydroxyl groups is 2. The van der Waals surface area contributed by atoms with Crippen molar-refractivity contribution >= 4 is 0 Å². The van der Waals surface area contributed by atoms with E-state index in [0.29, 0.717) is 0 Å². The molecule has 7 heavy (non-hydrogen) atoms. The average molecular weight is 139 g/mol. The molecule has 4 heteroatoms.